The number of rotatable bonds is 8. The number of ether oxygens (including phenoxy) is 3. The van der Waals surface area contributed by atoms with Crippen molar-refractivity contribution in [3.8, 4) is 28.8 Å². The van der Waals surface area contributed by atoms with Gasteiger partial charge in [0.25, 0.3) is 0 Å². The number of hydrogen-bond donors (Lipinski definition) is 1. The van der Waals surface area contributed by atoms with E-state index in [1.54, 1.807) is 13.4 Å². The van der Waals surface area contributed by atoms with Crippen LogP contribution in [0.2, 0.25) is 0 Å². The van der Waals surface area contributed by atoms with E-state index in [0.717, 1.165) is 65.0 Å². The molecule has 0 radical (unpaired) electrons. The summed E-state index contributed by atoms with van der Waals surface area (Å²) in [6, 6.07) is 12.2. The van der Waals surface area contributed by atoms with E-state index in [9.17, 15) is 0 Å². The van der Waals surface area contributed by atoms with Crippen LogP contribution in [-0.4, -0.2) is 51.4 Å². The van der Waals surface area contributed by atoms with E-state index < -0.39 is 0 Å². The fourth-order valence-electron chi connectivity index (χ4n) is 4.96. The lowest BCUT2D eigenvalue weighted by Crippen LogP contribution is -2.33. The molecule has 2 N–H and O–H groups in total. The number of benzene rings is 2. The highest BCUT2D eigenvalue weighted by Crippen LogP contribution is 2.43. The molecule has 0 spiro atoms. The smallest absolute Gasteiger partial charge is 0.231 e. The number of fused-ring (bicyclic) bond motifs is 2. The summed E-state index contributed by atoms with van der Waals surface area (Å²) in [6.45, 7) is 4.27. The van der Waals surface area contributed by atoms with Crippen molar-refractivity contribution in [1.82, 2.24) is 24.4 Å². The summed E-state index contributed by atoms with van der Waals surface area (Å²) in [7, 11) is 1.70. The molecule has 11 heteroatoms. The Morgan fingerprint density at radius 3 is 2.63 bits per heavy atom. The molecule has 4 aliphatic rings. The third kappa shape index (κ3) is 5.41. The number of likely N-dealkylation sites (tertiary alicyclic amines) is 1. The van der Waals surface area contributed by atoms with Crippen molar-refractivity contribution in [2.45, 2.75) is 42.4 Å². The van der Waals surface area contributed by atoms with Gasteiger partial charge in [-0.25, -0.2) is 15.0 Å². The molecule has 0 aliphatic carbocycles. The summed E-state index contributed by atoms with van der Waals surface area (Å²) in [4.78, 5) is 17.4. The molecule has 4 heterocycles. The highest BCUT2D eigenvalue weighted by Gasteiger charge is 2.24. The molecule has 0 saturated carbocycles. The number of halogens is 1. The summed E-state index contributed by atoms with van der Waals surface area (Å²) in [6.07, 6.45) is 5.24. The average molecular weight is 598 g/mol. The predicted octanol–water partition coefficient (Wildman–Crippen LogP) is 5.31. The highest BCUT2D eigenvalue weighted by atomic mass is 79.9. The fourth-order valence-corrected chi connectivity index (χ4v) is 6.32. The number of piperidine rings is 1. The van der Waals surface area contributed by atoms with Gasteiger partial charge >= 0.3 is 0 Å². The van der Waals surface area contributed by atoms with E-state index in [4.69, 9.17) is 29.9 Å². The Bertz CT molecular complexity index is 1390. The SMILES string of the molecule is COc1ccc(CN2CCC(CCn3cnc(N)c4nc(Sc5cc6c(cc5Br)OCO6)nc3-4)CC2)cc1. The van der Waals surface area contributed by atoms with Gasteiger partial charge in [0.1, 0.15) is 5.75 Å². The third-order valence-corrected chi connectivity index (χ3v) is 8.99. The molecular weight excluding hydrogens is 568 g/mol. The van der Waals surface area contributed by atoms with Crippen LogP contribution in [0.5, 0.6) is 17.2 Å². The maximum atomic E-state index is 6.17. The summed E-state index contributed by atoms with van der Waals surface area (Å²) in [5, 5.41) is 0.625. The van der Waals surface area contributed by atoms with Crippen LogP contribution in [0.3, 0.4) is 0 Å². The first kappa shape index (κ1) is 25.3. The Labute approximate surface area is 234 Å². The van der Waals surface area contributed by atoms with Gasteiger partial charge in [-0.1, -0.05) is 12.1 Å². The molecule has 0 atom stereocenters. The van der Waals surface area contributed by atoms with Gasteiger partial charge in [-0.2, -0.15) is 0 Å². The Morgan fingerprint density at radius 2 is 1.87 bits per heavy atom. The van der Waals surface area contributed by atoms with Gasteiger partial charge in [-0.15, -0.1) is 0 Å². The van der Waals surface area contributed by atoms with Crippen molar-refractivity contribution in [2.75, 3.05) is 32.7 Å². The number of aryl methyl sites for hydroxylation is 1. The van der Waals surface area contributed by atoms with Crippen molar-refractivity contribution < 1.29 is 14.2 Å². The topological polar surface area (TPSA) is 101 Å². The molecule has 6 rings (SSSR count). The van der Waals surface area contributed by atoms with E-state index in [-0.39, 0.29) is 6.79 Å². The van der Waals surface area contributed by atoms with Gasteiger partial charge in [-0.05, 0) is 95.8 Å². The van der Waals surface area contributed by atoms with Crippen molar-refractivity contribution >= 4 is 33.5 Å². The van der Waals surface area contributed by atoms with E-state index in [2.05, 4.69) is 42.5 Å². The third-order valence-electron chi connectivity index (χ3n) is 7.15. The normalized spacial score (nSPS) is 15.8. The van der Waals surface area contributed by atoms with E-state index in [1.807, 2.05) is 24.3 Å². The molecule has 1 fully saturated rings. The Hall–Kier alpha value is -3.02. The molecule has 4 aliphatic heterocycles. The molecule has 38 heavy (non-hydrogen) atoms. The molecule has 0 bridgehead atoms. The monoisotopic (exact) mass is 596 g/mol. The molecule has 198 valence electrons. The summed E-state index contributed by atoms with van der Waals surface area (Å²) in [5.74, 6) is 4.19. The largest absolute Gasteiger partial charge is 0.497 e. The number of anilines is 1. The second-order valence-electron chi connectivity index (χ2n) is 9.60. The van der Waals surface area contributed by atoms with Crippen LogP contribution in [-0.2, 0) is 13.1 Å². The van der Waals surface area contributed by atoms with Crippen LogP contribution >= 0.6 is 27.7 Å². The first-order chi connectivity index (χ1) is 18.6. The number of nitrogens with two attached hydrogens (primary N) is 1. The minimum absolute atomic E-state index is 0.233. The first-order valence-corrected chi connectivity index (χ1v) is 14.3. The van der Waals surface area contributed by atoms with Crippen LogP contribution in [0.1, 0.15) is 24.8 Å². The van der Waals surface area contributed by atoms with Gasteiger partial charge < -0.3 is 24.5 Å². The molecule has 1 saturated heterocycles. The van der Waals surface area contributed by atoms with Crippen LogP contribution in [0, 0.1) is 5.92 Å². The standard InChI is InChI=1S/C27H29BrN6O3S/c1-35-19-4-2-18(3-5-19)14-33-9-6-17(7-10-33)8-11-34-15-30-25(29)24-26(34)32-27(31-24)38-23-13-22-21(12-20(23)28)36-16-37-22/h2-5,12-13,15,17H,6-11,14,16,29H2,1H3. The number of aromatic nitrogens is 4. The first-order valence-electron chi connectivity index (χ1n) is 12.7. The number of methoxy groups -OCH3 is 1. The van der Waals surface area contributed by atoms with Gasteiger partial charge in [0, 0.05) is 22.5 Å². The van der Waals surface area contributed by atoms with Crippen molar-refractivity contribution in [3.63, 3.8) is 0 Å². The van der Waals surface area contributed by atoms with E-state index >= 15 is 0 Å². The maximum Gasteiger partial charge on any atom is 0.231 e. The second kappa shape index (κ2) is 11.0. The van der Waals surface area contributed by atoms with Crippen LogP contribution in [0.25, 0.3) is 11.5 Å². The zero-order valence-electron chi connectivity index (χ0n) is 21.1. The van der Waals surface area contributed by atoms with E-state index in [1.165, 1.54) is 30.2 Å². The van der Waals surface area contributed by atoms with Gasteiger partial charge in [0.05, 0.1) is 13.4 Å². The molecule has 0 unspecified atom stereocenters. The predicted molar refractivity (Wildman–Crippen MR) is 149 cm³/mol. The van der Waals surface area contributed by atoms with Gasteiger partial charge in [0.2, 0.25) is 6.79 Å². The van der Waals surface area contributed by atoms with Crippen LogP contribution < -0.4 is 19.9 Å². The summed E-state index contributed by atoms with van der Waals surface area (Å²) >= 11 is 5.07. The molecular formula is C27H29BrN6O3S. The zero-order valence-corrected chi connectivity index (χ0v) is 23.5. The minimum Gasteiger partial charge on any atom is -0.497 e. The highest BCUT2D eigenvalue weighted by molar-refractivity contribution is 9.10. The summed E-state index contributed by atoms with van der Waals surface area (Å²) in [5.41, 5.74) is 8.14. The number of nitrogen functional groups attached to an aromatic ring is 1. The van der Waals surface area contributed by atoms with Crippen molar-refractivity contribution in [3.05, 3.63) is 52.8 Å². The molecule has 9 nitrogen and oxygen atoms in total. The number of imidazole rings is 1. The minimum atomic E-state index is 0.233. The lowest BCUT2D eigenvalue weighted by Gasteiger charge is -2.32. The zero-order chi connectivity index (χ0) is 26.1. The Balaban J connectivity index is 1.08. The number of nitrogens with zero attached hydrogens (tertiary/aromatic N) is 5. The Morgan fingerprint density at radius 1 is 1.11 bits per heavy atom. The lowest BCUT2D eigenvalue weighted by molar-refractivity contribution is 0.169. The molecule has 0 amide bonds. The van der Waals surface area contributed by atoms with Gasteiger partial charge in [-0.3, -0.25) is 4.90 Å². The summed E-state index contributed by atoms with van der Waals surface area (Å²) < 4.78 is 19.2. The van der Waals surface area contributed by atoms with Crippen molar-refractivity contribution in [1.29, 1.82) is 0 Å². The quantitative estimate of drug-likeness (QED) is 0.290. The van der Waals surface area contributed by atoms with E-state index in [0.29, 0.717) is 22.6 Å². The average Bonchev–Trinajstić information content (AvgIpc) is 3.57. The van der Waals surface area contributed by atoms with Gasteiger partial charge in [0.15, 0.2) is 34.0 Å². The van der Waals surface area contributed by atoms with Crippen molar-refractivity contribution in [2.24, 2.45) is 5.92 Å². The Kier molecular flexibility index (Phi) is 7.31. The van der Waals surface area contributed by atoms with Crippen LogP contribution in [0.15, 0.2) is 57.3 Å². The maximum absolute atomic E-state index is 6.17. The molecule has 2 aromatic rings. The number of hydrogen-bond acceptors (Lipinski definition) is 9. The fraction of sp³-hybridized carbons (Fsp3) is 0.370. The molecule has 2 aromatic carbocycles. The lowest BCUT2D eigenvalue weighted by atomic mass is 9.93. The second-order valence-corrected chi connectivity index (χ2v) is 11.5. The van der Waals surface area contributed by atoms with Crippen LogP contribution in [0.4, 0.5) is 5.82 Å². The molecule has 0 aromatic heterocycles.